The second kappa shape index (κ2) is 7.15. The Hall–Kier alpha value is -3.54. The van der Waals surface area contributed by atoms with Crippen LogP contribution >= 0.6 is 0 Å². The molecule has 118 valence electrons. The van der Waals surface area contributed by atoms with Gasteiger partial charge in [-0.15, -0.1) is 0 Å². The molecular formula is C18H14N4O2. The van der Waals surface area contributed by atoms with Gasteiger partial charge in [0.05, 0.1) is 0 Å². The lowest BCUT2D eigenvalue weighted by molar-refractivity contribution is 0.101. The van der Waals surface area contributed by atoms with Crippen LogP contribution < -0.4 is 10.6 Å². The molecule has 2 N–H and O–H groups in total. The van der Waals surface area contributed by atoms with Crippen LogP contribution in [0.5, 0.6) is 0 Å². The van der Waals surface area contributed by atoms with E-state index in [9.17, 15) is 9.59 Å². The zero-order valence-electron chi connectivity index (χ0n) is 12.6. The molecule has 2 amide bonds. The fraction of sp³-hybridized carbons (Fsp3) is 0. The number of benzene rings is 1. The Kier molecular flexibility index (Phi) is 4.57. The molecule has 24 heavy (non-hydrogen) atoms. The van der Waals surface area contributed by atoms with Gasteiger partial charge in [-0.1, -0.05) is 12.1 Å². The molecule has 0 saturated carbocycles. The lowest BCUT2D eigenvalue weighted by Crippen LogP contribution is -2.14. The van der Waals surface area contributed by atoms with Crippen LogP contribution in [0.15, 0.2) is 73.1 Å². The summed E-state index contributed by atoms with van der Waals surface area (Å²) in [6, 6.07) is 17.0. The highest BCUT2D eigenvalue weighted by atomic mass is 16.2. The molecule has 0 spiro atoms. The summed E-state index contributed by atoms with van der Waals surface area (Å²) in [7, 11) is 0. The quantitative estimate of drug-likeness (QED) is 0.774. The summed E-state index contributed by atoms with van der Waals surface area (Å²) in [6.45, 7) is 0. The van der Waals surface area contributed by atoms with Gasteiger partial charge in [-0.05, 0) is 48.5 Å². The van der Waals surface area contributed by atoms with Crippen LogP contribution in [0.2, 0.25) is 0 Å². The summed E-state index contributed by atoms with van der Waals surface area (Å²) in [4.78, 5) is 32.2. The molecule has 6 nitrogen and oxygen atoms in total. The topological polar surface area (TPSA) is 84.0 Å². The van der Waals surface area contributed by atoms with E-state index in [2.05, 4.69) is 20.6 Å². The number of carbonyl (C=O) groups is 2. The first kappa shape index (κ1) is 15.4. The Bertz CT molecular complexity index is 834. The Morgan fingerprint density at radius 2 is 1.42 bits per heavy atom. The maximum atomic E-state index is 12.1. The zero-order valence-corrected chi connectivity index (χ0v) is 12.6. The van der Waals surface area contributed by atoms with Crippen molar-refractivity contribution in [2.24, 2.45) is 0 Å². The van der Waals surface area contributed by atoms with Crippen molar-refractivity contribution in [2.75, 3.05) is 10.6 Å². The predicted octanol–water partition coefficient (Wildman–Crippen LogP) is 2.98. The minimum Gasteiger partial charge on any atom is -0.321 e. The molecule has 3 rings (SSSR count). The minimum atomic E-state index is -0.304. The molecular weight excluding hydrogens is 304 g/mol. The van der Waals surface area contributed by atoms with E-state index in [0.29, 0.717) is 22.8 Å². The number of carbonyl (C=O) groups excluding carboxylic acids is 2. The molecule has 0 atom stereocenters. The molecule has 2 aromatic heterocycles. The van der Waals surface area contributed by atoms with Crippen molar-refractivity contribution in [3.8, 4) is 0 Å². The SMILES string of the molecule is O=C(Nc1ccccn1)c1ccc(NC(=O)c2ccccn2)cc1. The summed E-state index contributed by atoms with van der Waals surface area (Å²) < 4.78 is 0. The van der Waals surface area contributed by atoms with Crippen LogP contribution in [-0.4, -0.2) is 21.8 Å². The summed E-state index contributed by atoms with van der Waals surface area (Å²) in [5.74, 6) is -0.0902. The predicted molar refractivity (Wildman–Crippen MR) is 90.8 cm³/mol. The van der Waals surface area contributed by atoms with Gasteiger partial charge in [0, 0.05) is 23.6 Å². The molecule has 0 saturated heterocycles. The largest absolute Gasteiger partial charge is 0.321 e. The molecule has 0 unspecified atom stereocenters. The van der Waals surface area contributed by atoms with Gasteiger partial charge in [0.2, 0.25) is 0 Å². The molecule has 3 aromatic rings. The van der Waals surface area contributed by atoms with Gasteiger partial charge in [0.25, 0.3) is 11.8 Å². The van der Waals surface area contributed by atoms with Crippen LogP contribution in [0.3, 0.4) is 0 Å². The zero-order chi connectivity index (χ0) is 16.8. The van der Waals surface area contributed by atoms with Gasteiger partial charge in [-0.2, -0.15) is 0 Å². The average Bonchev–Trinajstić information content (AvgIpc) is 2.64. The number of aromatic nitrogens is 2. The average molecular weight is 318 g/mol. The third-order valence-electron chi connectivity index (χ3n) is 3.21. The molecule has 0 aliphatic rings. The Morgan fingerprint density at radius 1 is 0.708 bits per heavy atom. The van der Waals surface area contributed by atoms with Crippen molar-refractivity contribution in [2.45, 2.75) is 0 Å². The number of nitrogens with zero attached hydrogens (tertiary/aromatic N) is 2. The first-order valence-corrected chi connectivity index (χ1v) is 7.27. The second-order valence-corrected chi connectivity index (χ2v) is 4.92. The normalized spacial score (nSPS) is 10.0. The van der Waals surface area contributed by atoms with E-state index in [1.807, 2.05) is 0 Å². The highest BCUT2D eigenvalue weighted by molar-refractivity contribution is 6.05. The maximum absolute atomic E-state index is 12.1. The van der Waals surface area contributed by atoms with Crippen molar-refractivity contribution in [3.63, 3.8) is 0 Å². The van der Waals surface area contributed by atoms with Gasteiger partial charge >= 0.3 is 0 Å². The summed E-state index contributed by atoms with van der Waals surface area (Å²) in [5, 5.41) is 5.43. The molecule has 1 aromatic carbocycles. The lowest BCUT2D eigenvalue weighted by atomic mass is 10.2. The minimum absolute atomic E-state index is 0.267. The van der Waals surface area contributed by atoms with Crippen molar-refractivity contribution >= 4 is 23.3 Å². The van der Waals surface area contributed by atoms with Gasteiger partial charge in [-0.3, -0.25) is 14.6 Å². The van der Waals surface area contributed by atoms with Gasteiger partial charge < -0.3 is 10.6 Å². The second-order valence-electron chi connectivity index (χ2n) is 4.92. The molecule has 0 bridgehead atoms. The van der Waals surface area contributed by atoms with Crippen LogP contribution in [0.1, 0.15) is 20.8 Å². The number of amides is 2. The molecule has 0 aliphatic heterocycles. The van der Waals surface area contributed by atoms with Crippen LogP contribution in [0, 0.1) is 0 Å². The van der Waals surface area contributed by atoms with E-state index in [4.69, 9.17) is 0 Å². The molecule has 6 heteroatoms. The number of pyridine rings is 2. The van der Waals surface area contributed by atoms with E-state index in [1.165, 1.54) is 0 Å². The number of hydrogen-bond acceptors (Lipinski definition) is 4. The lowest BCUT2D eigenvalue weighted by Gasteiger charge is -2.07. The summed E-state index contributed by atoms with van der Waals surface area (Å²) >= 11 is 0. The molecule has 0 fully saturated rings. The van der Waals surface area contributed by atoms with E-state index < -0.39 is 0 Å². The van der Waals surface area contributed by atoms with Crippen molar-refractivity contribution in [1.29, 1.82) is 0 Å². The van der Waals surface area contributed by atoms with Crippen LogP contribution in [0.25, 0.3) is 0 Å². The number of nitrogens with one attached hydrogen (secondary N) is 2. The van der Waals surface area contributed by atoms with Gasteiger partial charge in [0.15, 0.2) is 0 Å². The first-order valence-electron chi connectivity index (χ1n) is 7.27. The monoisotopic (exact) mass is 318 g/mol. The Morgan fingerprint density at radius 3 is 2.04 bits per heavy atom. The highest BCUT2D eigenvalue weighted by Crippen LogP contribution is 2.12. The molecule has 2 heterocycles. The number of hydrogen-bond donors (Lipinski definition) is 2. The standard InChI is InChI=1S/C18H14N4O2/c23-17(22-16-6-2-4-12-20-16)13-7-9-14(10-8-13)21-18(24)15-5-1-3-11-19-15/h1-12H,(H,21,24)(H,20,22,23). The highest BCUT2D eigenvalue weighted by Gasteiger charge is 2.09. The van der Waals surface area contributed by atoms with E-state index in [0.717, 1.165) is 0 Å². The fourth-order valence-corrected chi connectivity index (χ4v) is 2.02. The van der Waals surface area contributed by atoms with Crippen LogP contribution in [-0.2, 0) is 0 Å². The third-order valence-corrected chi connectivity index (χ3v) is 3.21. The van der Waals surface area contributed by atoms with Crippen LogP contribution in [0.4, 0.5) is 11.5 Å². The summed E-state index contributed by atoms with van der Waals surface area (Å²) in [6.07, 6.45) is 3.16. The van der Waals surface area contributed by atoms with Crippen molar-refractivity contribution in [3.05, 3.63) is 84.3 Å². The van der Waals surface area contributed by atoms with Crippen molar-refractivity contribution in [1.82, 2.24) is 9.97 Å². The Labute approximate surface area is 138 Å². The molecule has 0 radical (unpaired) electrons. The van der Waals surface area contributed by atoms with Crippen molar-refractivity contribution < 1.29 is 9.59 Å². The van der Waals surface area contributed by atoms with Gasteiger partial charge in [0.1, 0.15) is 11.5 Å². The third kappa shape index (κ3) is 3.80. The van der Waals surface area contributed by atoms with E-state index >= 15 is 0 Å². The van der Waals surface area contributed by atoms with E-state index in [1.54, 1.807) is 73.1 Å². The van der Waals surface area contributed by atoms with E-state index in [-0.39, 0.29) is 11.8 Å². The fourth-order valence-electron chi connectivity index (χ4n) is 2.02. The number of rotatable bonds is 4. The smallest absolute Gasteiger partial charge is 0.274 e. The van der Waals surface area contributed by atoms with Gasteiger partial charge in [-0.25, -0.2) is 4.98 Å². The maximum Gasteiger partial charge on any atom is 0.274 e. The Balaban J connectivity index is 1.65. The number of anilines is 2. The first-order chi connectivity index (χ1) is 11.7. The molecule has 0 aliphatic carbocycles. The summed E-state index contributed by atoms with van der Waals surface area (Å²) in [5.41, 5.74) is 1.38.